The zero-order valence-electron chi connectivity index (χ0n) is 33.3. The lowest BCUT2D eigenvalue weighted by Gasteiger charge is -2.22. The topological polar surface area (TPSA) is 156 Å². The summed E-state index contributed by atoms with van der Waals surface area (Å²) in [6, 6.07) is -1.05. The molecule has 0 aromatic heterocycles. The van der Waals surface area contributed by atoms with Crippen molar-refractivity contribution in [2.24, 2.45) is 11.7 Å². The number of thioether (sulfide) groups is 1. The molecule has 0 rings (SSSR count). The number of hydrogen-bond donors (Lipinski definition) is 4. The molecule has 4 atom stereocenters. The molecule has 5 N–H and O–H groups in total. The van der Waals surface area contributed by atoms with E-state index >= 15 is 0 Å². The van der Waals surface area contributed by atoms with Gasteiger partial charge in [-0.15, -0.1) is 11.8 Å². The number of aliphatic carboxylic acids is 1. The van der Waals surface area contributed by atoms with Gasteiger partial charge in [0.15, 0.2) is 6.10 Å². The Balaban J connectivity index is 4.51. The van der Waals surface area contributed by atoms with Crippen LogP contribution in [0.15, 0.2) is 48.6 Å². The molecule has 0 bridgehead atoms. The first-order chi connectivity index (χ1) is 25.6. The maximum Gasteiger partial charge on any atom is 0.324 e. The van der Waals surface area contributed by atoms with Gasteiger partial charge in [0, 0.05) is 23.8 Å². The Morgan fingerprint density at radius 3 is 2.02 bits per heavy atom. The lowest BCUT2D eigenvalue weighted by atomic mass is 10.0. The van der Waals surface area contributed by atoms with E-state index in [4.69, 9.17) is 20.3 Å². The van der Waals surface area contributed by atoms with Crippen molar-refractivity contribution < 1.29 is 39.2 Å². The van der Waals surface area contributed by atoms with Crippen LogP contribution in [-0.4, -0.2) is 75.7 Å². The molecule has 0 aliphatic carbocycles. The van der Waals surface area contributed by atoms with Crippen LogP contribution in [0, 0.1) is 5.92 Å². The zero-order valence-corrected chi connectivity index (χ0v) is 34.2. The third-order valence-corrected chi connectivity index (χ3v) is 10.2. The maximum absolute atomic E-state index is 12.7. The molecule has 0 saturated carbocycles. The minimum atomic E-state index is -1.05. The first kappa shape index (κ1) is 50.6. The minimum Gasteiger partial charge on any atom is -0.481 e. The Labute approximate surface area is 326 Å². The zero-order chi connectivity index (χ0) is 39.4. The van der Waals surface area contributed by atoms with Gasteiger partial charge in [-0.1, -0.05) is 153 Å². The van der Waals surface area contributed by atoms with Crippen molar-refractivity contribution in [3.63, 3.8) is 0 Å². The summed E-state index contributed by atoms with van der Waals surface area (Å²) in [6.07, 6.45) is 34.8. The van der Waals surface area contributed by atoms with Crippen molar-refractivity contribution >= 4 is 29.7 Å². The average Bonchev–Trinajstić information content (AvgIpc) is 3.12. The van der Waals surface area contributed by atoms with Crippen LogP contribution >= 0.6 is 11.8 Å². The predicted molar refractivity (Wildman–Crippen MR) is 220 cm³/mol. The summed E-state index contributed by atoms with van der Waals surface area (Å²) in [5, 5.41) is 29.0. The van der Waals surface area contributed by atoms with Gasteiger partial charge in [-0.3, -0.25) is 14.4 Å². The van der Waals surface area contributed by atoms with E-state index in [9.17, 15) is 24.6 Å². The first-order valence-corrected chi connectivity index (χ1v) is 21.5. The van der Waals surface area contributed by atoms with Crippen LogP contribution in [-0.2, 0) is 23.9 Å². The molecule has 0 aliphatic heterocycles. The van der Waals surface area contributed by atoms with Gasteiger partial charge in [0.1, 0.15) is 12.6 Å². The van der Waals surface area contributed by atoms with Crippen molar-refractivity contribution in [3.05, 3.63) is 48.6 Å². The molecule has 0 radical (unpaired) electrons. The van der Waals surface area contributed by atoms with Gasteiger partial charge in [-0.05, 0) is 44.4 Å². The molecule has 0 fully saturated rings. The van der Waals surface area contributed by atoms with Crippen LogP contribution in [0.25, 0.3) is 0 Å². The van der Waals surface area contributed by atoms with Gasteiger partial charge < -0.3 is 30.5 Å². The van der Waals surface area contributed by atoms with Crippen LogP contribution in [0.1, 0.15) is 156 Å². The lowest BCUT2D eigenvalue weighted by Crippen LogP contribution is -2.40. The molecule has 53 heavy (non-hydrogen) atoms. The minimum absolute atomic E-state index is 0.0477. The second-order valence-corrected chi connectivity index (χ2v) is 15.6. The third kappa shape index (κ3) is 33.9. The predicted octanol–water partition coefficient (Wildman–Crippen LogP) is 9.40. The van der Waals surface area contributed by atoms with E-state index in [0.29, 0.717) is 6.42 Å². The Hall–Kier alpha value is -2.40. The number of esters is 2. The molecular formula is C43H75NO8S. The SMILES string of the molecule is CCCCC/C=C\C\C=C/C=C/C=C/[C@@H](SC[C@H](N)C(=O)O[C@@H](CO)COC(=O)CCCCCCCCCCCCCC(C)C)[C@@H](O)CCCC(=O)O. The molecule has 0 spiro atoms. The number of carbonyl (C=O) groups is 3. The van der Waals surface area contributed by atoms with Crippen molar-refractivity contribution in [1.29, 1.82) is 0 Å². The molecule has 0 aliphatic rings. The number of carboxylic acids is 1. The number of aliphatic hydroxyl groups excluding tert-OH is 2. The van der Waals surface area contributed by atoms with Crippen LogP contribution in [0.4, 0.5) is 0 Å². The molecule has 0 aromatic carbocycles. The van der Waals surface area contributed by atoms with Crippen molar-refractivity contribution in [2.75, 3.05) is 19.0 Å². The van der Waals surface area contributed by atoms with E-state index in [2.05, 4.69) is 39.0 Å². The van der Waals surface area contributed by atoms with Gasteiger partial charge in [0.05, 0.1) is 12.7 Å². The molecule has 9 nitrogen and oxygen atoms in total. The molecule has 0 unspecified atom stereocenters. The average molecular weight is 766 g/mol. The molecular weight excluding hydrogens is 691 g/mol. The largest absolute Gasteiger partial charge is 0.481 e. The number of ether oxygens (including phenoxy) is 2. The fourth-order valence-corrected chi connectivity index (χ4v) is 6.64. The summed E-state index contributed by atoms with van der Waals surface area (Å²) in [4.78, 5) is 35.9. The van der Waals surface area contributed by atoms with Gasteiger partial charge in [-0.2, -0.15) is 0 Å². The number of unbranched alkanes of at least 4 members (excludes halogenated alkanes) is 13. The number of hydrogen-bond acceptors (Lipinski definition) is 9. The monoisotopic (exact) mass is 766 g/mol. The van der Waals surface area contributed by atoms with Crippen molar-refractivity contribution in [2.45, 2.75) is 179 Å². The van der Waals surface area contributed by atoms with Gasteiger partial charge in [0.2, 0.25) is 0 Å². The Bertz CT molecular complexity index is 1030. The van der Waals surface area contributed by atoms with Gasteiger partial charge >= 0.3 is 17.9 Å². The van der Waals surface area contributed by atoms with E-state index < -0.39 is 42.0 Å². The number of nitrogens with two attached hydrogens (primary N) is 1. The third-order valence-electron chi connectivity index (χ3n) is 8.80. The second kappa shape index (κ2) is 36.6. The molecule has 0 saturated heterocycles. The molecule has 0 heterocycles. The highest BCUT2D eigenvalue weighted by atomic mass is 32.2. The Morgan fingerprint density at radius 2 is 1.40 bits per heavy atom. The van der Waals surface area contributed by atoms with Gasteiger partial charge in [-0.25, -0.2) is 0 Å². The number of carboxylic acid groups (broad SMARTS) is 1. The molecule has 0 amide bonds. The second-order valence-electron chi connectivity index (χ2n) is 14.4. The number of allylic oxidation sites excluding steroid dienone is 7. The van der Waals surface area contributed by atoms with Gasteiger partial charge in [0.25, 0.3) is 0 Å². The fraction of sp³-hybridized carbons (Fsp3) is 0.744. The lowest BCUT2D eigenvalue weighted by molar-refractivity contribution is -0.162. The number of aliphatic hydroxyl groups is 2. The Morgan fingerprint density at radius 1 is 0.755 bits per heavy atom. The highest BCUT2D eigenvalue weighted by molar-refractivity contribution is 8.00. The van der Waals surface area contributed by atoms with E-state index in [1.807, 2.05) is 18.2 Å². The normalized spacial score (nSPS) is 14.5. The number of rotatable bonds is 36. The van der Waals surface area contributed by atoms with Crippen LogP contribution in [0.3, 0.4) is 0 Å². The van der Waals surface area contributed by atoms with Crippen molar-refractivity contribution in [3.8, 4) is 0 Å². The summed E-state index contributed by atoms with van der Waals surface area (Å²) < 4.78 is 10.6. The fourth-order valence-electron chi connectivity index (χ4n) is 5.51. The van der Waals surface area contributed by atoms with E-state index in [-0.39, 0.29) is 37.6 Å². The molecule has 0 aromatic rings. The standard InChI is InChI=1S/C43H75NO8S/c1-4-5-6-7-8-9-10-13-16-19-22-25-30-40(39(46)29-27-31-41(47)48)53-35-38(44)43(50)52-37(33-45)34-51-42(49)32-26-23-20-17-14-11-12-15-18-21-24-28-36(2)3/h8-9,13,16,19,22,25,30,36-40,45-46H,4-7,10-12,14-15,17-18,20-21,23-24,26-29,31-35,44H2,1-3H3,(H,47,48)/b9-8-,16-13-,22-19+,30-25+/t37-,38-,39-,40+/m0/s1. The maximum atomic E-state index is 12.7. The van der Waals surface area contributed by atoms with Crippen molar-refractivity contribution in [1.82, 2.24) is 0 Å². The van der Waals surface area contributed by atoms with E-state index in [0.717, 1.165) is 38.0 Å². The smallest absolute Gasteiger partial charge is 0.324 e. The summed E-state index contributed by atoms with van der Waals surface area (Å²) in [5.74, 6) is -1.13. The first-order valence-electron chi connectivity index (χ1n) is 20.5. The van der Waals surface area contributed by atoms with E-state index in [1.165, 1.54) is 88.8 Å². The summed E-state index contributed by atoms with van der Waals surface area (Å²) in [6.45, 7) is 6.00. The van der Waals surface area contributed by atoms with Crippen LogP contribution in [0.2, 0.25) is 0 Å². The molecule has 306 valence electrons. The highest BCUT2D eigenvalue weighted by Crippen LogP contribution is 2.22. The number of carbonyl (C=O) groups excluding carboxylic acids is 2. The quantitative estimate of drug-likeness (QED) is 0.0210. The summed E-state index contributed by atoms with van der Waals surface area (Å²) >= 11 is 1.26. The summed E-state index contributed by atoms with van der Waals surface area (Å²) in [7, 11) is 0. The summed E-state index contributed by atoms with van der Waals surface area (Å²) in [5.41, 5.74) is 6.10. The van der Waals surface area contributed by atoms with Crippen LogP contribution < -0.4 is 5.73 Å². The van der Waals surface area contributed by atoms with E-state index in [1.54, 1.807) is 12.2 Å². The van der Waals surface area contributed by atoms with Crippen LogP contribution in [0.5, 0.6) is 0 Å². The molecule has 10 heteroatoms. The highest BCUT2D eigenvalue weighted by Gasteiger charge is 2.24. The Kier molecular flexibility index (Phi) is 34.9.